The number of hydrogen-bond acceptors (Lipinski definition) is 8. The standard InChI is InChI=1S/C35H36BrN3O6S/c1-6-44-34(41)30-31(22-11-8-7-9-12-22)37-35-39(32(30)25-17-26(36)28(43-5)18-27(25)42-4)33(40)29(46-35)16-23-15-20(2)38(21(23)3)19-24-13-10-14-45-24/h7-9,11-12,15-18,24,32H,6,10,13-14,19H2,1-5H3/b29-16-/t24-,32-/m0/s1. The van der Waals surface area contributed by atoms with Gasteiger partial charge < -0.3 is 23.5 Å². The van der Waals surface area contributed by atoms with Crippen molar-refractivity contribution in [1.82, 2.24) is 9.13 Å². The number of nitrogens with zero attached hydrogens (tertiary/aromatic N) is 3. The predicted octanol–water partition coefficient (Wildman–Crippen LogP) is 5.31. The van der Waals surface area contributed by atoms with Crippen LogP contribution < -0.4 is 24.4 Å². The van der Waals surface area contributed by atoms with Gasteiger partial charge in [-0.05, 0) is 73.3 Å². The molecule has 46 heavy (non-hydrogen) atoms. The normalized spacial score (nSPS) is 18.0. The van der Waals surface area contributed by atoms with Crippen molar-refractivity contribution in [3.8, 4) is 11.5 Å². The van der Waals surface area contributed by atoms with Crippen molar-refractivity contribution < 1.29 is 23.7 Å². The van der Waals surface area contributed by atoms with E-state index in [1.165, 1.54) is 11.3 Å². The van der Waals surface area contributed by atoms with Crippen molar-refractivity contribution >= 4 is 45.0 Å². The fraction of sp³-hybridized carbons (Fsp3) is 0.343. The lowest BCUT2D eigenvalue weighted by molar-refractivity contribution is -0.138. The summed E-state index contributed by atoms with van der Waals surface area (Å²) in [4.78, 5) is 33.8. The van der Waals surface area contributed by atoms with Crippen molar-refractivity contribution in [2.45, 2.75) is 52.3 Å². The number of halogens is 1. The maximum Gasteiger partial charge on any atom is 0.338 e. The van der Waals surface area contributed by atoms with E-state index < -0.39 is 12.0 Å². The molecule has 1 saturated heterocycles. The Balaban J connectivity index is 1.61. The fourth-order valence-electron chi connectivity index (χ4n) is 6.22. The highest BCUT2D eigenvalue weighted by Crippen LogP contribution is 2.42. The summed E-state index contributed by atoms with van der Waals surface area (Å²) in [6, 6.07) is 14.3. The Labute approximate surface area is 279 Å². The molecule has 2 aliphatic heterocycles. The zero-order valence-corrected chi connectivity index (χ0v) is 28.9. The molecule has 0 unspecified atom stereocenters. The van der Waals surface area contributed by atoms with Gasteiger partial charge in [-0.3, -0.25) is 9.36 Å². The molecule has 4 aromatic rings. The van der Waals surface area contributed by atoms with E-state index in [0.29, 0.717) is 36.6 Å². The Bertz CT molecular complexity index is 2000. The third kappa shape index (κ3) is 5.87. The Morgan fingerprint density at radius 2 is 1.89 bits per heavy atom. The summed E-state index contributed by atoms with van der Waals surface area (Å²) in [6.45, 7) is 7.64. The number of benzene rings is 2. The topological polar surface area (TPSA) is 93.3 Å². The number of aryl methyl sites for hydroxylation is 1. The third-order valence-corrected chi connectivity index (χ3v) is 10.1. The summed E-state index contributed by atoms with van der Waals surface area (Å²) in [5.74, 6) is 0.445. The number of ether oxygens (including phenoxy) is 4. The number of fused-ring (bicyclic) bond motifs is 1. The number of thiazole rings is 1. The van der Waals surface area contributed by atoms with Gasteiger partial charge in [-0.2, -0.15) is 0 Å². The molecule has 2 aromatic heterocycles. The summed E-state index contributed by atoms with van der Waals surface area (Å²) in [6.07, 6.45) is 4.24. The summed E-state index contributed by atoms with van der Waals surface area (Å²) >= 11 is 4.90. The Morgan fingerprint density at radius 3 is 2.57 bits per heavy atom. The van der Waals surface area contributed by atoms with Crippen LogP contribution in [0.3, 0.4) is 0 Å². The van der Waals surface area contributed by atoms with Crippen LogP contribution in [0, 0.1) is 13.8 Å². The Kier molecular flexibility index (Phi) is 9.35. The first-order valence-corrected chi connectivity index (χ1v) is 16.8. The molecule has 11 heteroatoms. The number of esters is 1. The summed E-state index contributed by atoms with van der Waals surface area (Å²) in [5, 5.41) is 0. The second kappa shape index (κ2) is 13.4. The maximum atomic E-state index is 14.5. The average molecular weight is 707 g/mol. The predicted molar refractivity (Wildman–Crippen MR) is 181 cm³/mol. The van der Waals surface area contributed by atoms with Crippen molar-refractivity contribution in [2.24, 2.45) is 4.99 Å². The molecule has 9 nitrogen and oxygen atoms in total. The van der Waals surface area contributed by atoms with Gasteiger partial charge >= 0.3 is 5.97 Å². The minimum atomic E-state index is -0.892. The van der Waals surface area contributed by atoms with E-state index in [2.05, 4.69) is 40.4 Å². The van der Waals surface area contributed by atoms with Crippen LogP contribution in [0.5, 0.6) is 11.5 Å². The van der Waals surface area contributed by atoms with Gasteiger partial charge in [-0.1, -0.05) is 41.7 Å². The number of rotatable bonds is 9. The zero-order chi connectivity index (χ0) is 32.5. The van der Waals surface area contributed by atoms with Gasteiger partial charge in [-0.15, -0.1) is 0 Å². The van der Waals surface area contributed by atoms with Crippen molar-refractivity contribution in [3.05, 3.63) is 106 Å². The first-order valence-electron chi connectivity index (χ1n) is 15.2. The quantitative estimate of drug-likeness (QED) is 0.219. The number of carbonyl (C=O) groups is 1. The molecule has 4 heterocycles. The van der Waals surface area contributed by atoms with Gasteiger partial charge in [0, 0.05) is 41.7 Å². The molecule has 1 fully saturated rings. The van der Waals surface area contributed by atoms with Gasteiger partial charge in [0.05, 0.1) is 47.2 Å². The SMILES string of the molecule is CCOC(=O)C1=C(c2ccccc2)N=c2s/c(=C\c3cc(C)n(C[C@@H]4CCCO4)c3C)c(=O)n2[C@H]1c1cc(Br)c(OC)cc1OC. The van der Waals surface area contributed by atoms with Crippen molar-refractivity contribution in [3.63, 3.8) is 0 Å². The molecule has 0 bridgehead atoms. The van der Waals surface area contributed by atoms with E-state index in [4.69, 9.17) is 23.9 Å². The van der Waals surface area contributed by atoms with Crippen LogP contribution in [-0.4, -0.2) is 48.6 Å². The van der Waals surface area contributed by atoms with Crippen molar-refractivity contribution in [1.29, 1.82) is 0 Å². The van der Waals surface area contributed by atoms with Gasteiger partial charge in [0.25, 0.3) is 5.56 Å². The van der Waals surface area contributed by atoms with Gasteiger partial charge in [0.1, 0.15) is 17.5 Å². The summed E-state index contributed by atoms with van der Waals surface area (Å²) in [7, 11) is 3.12. The third-order valence-electron chi connectivity index (χ3n) is 8.48. The second-order valence-electron chi connectivity index (χ2n) is 11.2. The molecule has 0 amide bonds. The average Bonchev–Trinajstić information content (AvgIpc) is 3.76. The van der Waals surface area contributed by atoms with Crippen molar-refractivity contribution in [2.75, 3.05) is 27.4 Å². The lowest BCUT2D eigenvalue weighted by Gasteiger charge is -2.27. The van der Waals surface area contributed by atoms with E-state index in [1.54, 1.807) is 31.8 Å². The second-order valence-corrected chi connectivity index (χ2v) is 13.1. The number of methoxy groups -OCH3 is 2. The zero-order valence-electron chi connectivity index (χ0n) is 26.5. The van der Waals surface area contributed by atoms with Crippen LogP contribution >= 0.6 is 27.3 Å². The molecule has 0 spiro atoms. The molecule has 2 atom stereocenters. The molecule has 240 valence electrons. The van der Waals surface area contributed by atoms with E-state index in [9.17, 15) is 9.59 Å². The lowest BCUT2D eigenvalue weighted by Crippen LogP contribution is -2.40. The Hall–Kier alpha value is -3.93. The van der Waals surface area contributed by atoms with E-state index in [1.807, 2.05) is 42.5 Å². The molecular formula is C35H36BrN3O6S. The van der Waals surface area contributed by atoms with Crippen LogP contribution in [0.15, 0.2) is 68.4 Å². The highest BCUT2D eigenvalue weighted by molar-refractivity contribution is 9.10. The lowest BCUT2D eigenvalue weighted by atomic mass is 9.92. The summed E-state index contributed by atoms with van der Waals surface area (Å²) in [5.41, 5.74) is 4.87. The molecule has 0 aliphatic carbocycles. The van der Waals surface area contributed by atoms with E-state index in [0.717, 1.165) is 48.5 Å². The van der Waals surface area contributed by atoms with Gasteiger partial charge in [0.15, 0.2) is 4.80 Å². The van der Waals surface area contributed by atoms with E-state index in [-0.39, 0.29) is 23.8 Å². The molecule has 6 rings (SSSR count). The molecule has 2 aromatic carbocycles. The minimum Gasteiger partial charge on any atom is -0.496 e. The molecule has 2 aliphatic rings. The van der Waals surface area contributed by atoms with E-state index >= 15 is 0 Å². The smallest absolute Gasteiger partial charge is 0.338 e. The van der Waals surface area contributed by atoms with Crippen LogP contribution in [0.25, 0.3) is 11.8 Å². The molecule has 0 radical (unpaired) electrons. The first-order chi connectivity index (χ1) is 22.2. The largest absolute Gasteiger partial charge is 0.496 e. The molecule has 0 N–H and O–H groups in total. The first kappa shape index (κ1) is 32.0. The highest BCUT2D eigenvalue weighted by atomic mass is 79.9. The number of aromatic nitrogens is 2. The van der Waals surface area contributed by atoms with Crippen LogP contribution in [0.2, 0.25) is 0 Å². The summed E-state index contributed by atoms with van der Waals surface area (Å²) < 4.78 is 27.9. The van der Waals surface area contributed by atoms with Crippen LogP contribution in [0.1, 0.15) is 53.9 Å². The van der Waals surface area contributed by atoms with Crippen LogP contribution in [-0.2, 0) is 20.8 Å². The number of carbonyl (C=O) groups excluding carboxylic acids is 1. The van der Waals surface area contributed by atoms with Gasteiger partial charge in [0.2, 0.25) is 0 Å². The number of hydrogen-bond donors (Lipinski definition) is 0. The highest BCUT2D eigenvalue weighted by Gasteiger charge is 2.37. The van der Waals surface area contributed by atoms with Crippen LogP contribution in [0.4, 0.5) is 0 Å². The molecular weight excluding hydrogens is 670 g/mol. The monoisotopic (exact) mass is 705 g/mol. The Morgan fingerprint density at radius 1 is 1.13 bits per heavy atom. The fourth-order valence-corrected chi connectivity index (χ4v) is 7.73. The van der Waals surface area contributed by atoms with Gasteiger partial charge in [-0.25, -0.2) is 9.79 Å². The minimum absolute atomic E-state index is 0.159. The molecule has 0 saturated carbocycles. The maximum absolute atomic E-state index is 14.5.